The molecule has 0 saturated carbocycles. The van der Waals surface area contributed by atoms with E-state index in [1.54, 1.807) is 0 Å². The maximum absolute atomic E-state index is 12.1. The van der Waals surface area contributed by atoms with Gasteiger partial charge >= 0.3 is 6.18 Å². The number of alkyl halides is 3. The first-order valence-corrected chi connectivity index (χ1v) is 3.60. The molecule has 72 valence electrons. The van der Waals surface area contributed by atoms with Crippen molar-refractivity contribution >= 4 is 11.8 Å². The molecule has 0 fully saturated rings. The second kappa shape index (κ2) is 4.08. The van der Waals surface area contributed by atoms with Gasteiger partial charge in [-0.05, 0) is 6.92 Å². The molecule has 0 rings (SSSR count). The van der Waals surface area contributed by atoms with Crippen LogP contribution in [0.2, 0.25) is 0 Å². The SMILES string of the molecule is CC(O)SC(F)=C(F)C(F)(F)F. The van der Waals surface area contributed by atoms with E-state index in [1.165, 1.54) is 0 Å². The predicted octanol–water partition coefficient (Wildman–Crippen LogP) is 2.73. The van der Waals surface area contributed by atoms with Gasteiger partial charge in [0.1, 0.15) is 5.44 Å². The van der Waals surface area contributed by atoms with Crippen LogP contribution in [0.5, 0.6) is 0 Å². The highest BCUT2D eigenvalue weighted by molar-refractivity contribution is 8.03. The van der Waals surface area contributed by atoms with Crippen molar-refractivity contribution in [3.63, 3.8) is 0 Å². The summed E-state index contributed by atoms with van der Waals surface area (Å²) < 4.78 is 58.2. The summed E-state index contributed by atoms with van der Waals surface area (Å²) in [7, 11) is 0. The minimum atomic E-state index is -5.33. The Balaban J connectivity index is 4.47. The lowest BCUT2D eigenvalue weighted by molar-refractivity contribution is -0.110. The Kier molecular flexibility index (Phi) is 3.98. The van der Waals surface area contributed by atoms with Gasteiger partial charge in [0.15, 0.2) is 5.16 Å². The number of aliphatic hydroxyl groups is 1. The van der Waals surface area contributed by atoms with E-state index in [2.05, 4.69) is 0 Å². The van der Waals surface area contributed by atoms with Crippen LogP contribution in [0.3, 0.4) is 0 Å². The van der Waals surface area contributed by atoms with Gasteiger partial charge in [-0.15, -0.1) is 0 Å². The molecule has 0 aromatic rings. The van der Waals surface area contributed by atoms with Crippen LogP contribution in [0.25, 0.3) is 0 Å². The average molecular weight is 208 g/mol. The van der Waals surface area contributed by atoms with E-state index in [9.17, 15) is 22.0 Å². The third-order valence-electron chi connectivity index (χ3n) is 0.695. The molecule has 0 radical (unpaired) electrons. The third-order valence-corrected chi connectivity index (χ3v) is 1.42. The Morgan fingerprint density at radius 3 is 2.00 bits per heavy atom. The molecule has 0 spiro atoms. The lowest BCUT2D eigenvalue weighted by Crippen LogP contribution is -2.09. The van der Waals surface area contributed by atoms with Crippen LogP contribution in [0.1, 0.15) is 6.92 Å². The number of allylic oxidation sites excluding steroid dienone is 1. The van der Waals surface area contributed by atoms with Crippen LogP contribution in [0, 0.1) is 0 Å². The average Bonchev–Trinajstić information content (AvgIpc) is 1.82. The van der Waals surface area contributed by atoms with E-state index in [4.69, 9.17) is 5.11 Å². The Morgan fingerprint density at radius 2 is 1.75 bits per heavy atom. The summed E-state index contributed by atoms with van der Waals surface area (Å²) in [5, 5.41) is 6.33. The van der Waals surface area contributed by atoms with Gasteiger partial charge in [-0.3, -0.25) is 0 Å². The topological polar surface area (TPSA) is 20.2 Å². The van der Waals surface area contributed by atoms with Crippen molar-refractivity contribution in [2.75, 3.05) is 0 Å². The fourth-order valence-electron chi connectivity index (χ4n) is 0.313. The fraction of sp³-hybridized carbons (Fsp3) is 0.600. The largest absolute Gasteiger partial charge is 0.446 e. The minimum absolute atomic E-state index is 0.237. The van der Waals surface area contributed by atoms with Crippen LogP contribution < -0.4 is 0 Å². The molecule has 1 atom stereocenters. The van der Waals surface area contributed by atoms with Crippen LogP contribution >= 0.6 is 11.8 Å². The lowest BCUT2D eigenvalue weighted by atomic mass is 10.6. The summed E-state index contributed by atoms with van der Waals surface area (Å²) in [5.74, 6) is -2.81. The van der Waals surface area contributed by atoms with Crippen LogP contribution in [-0.2, 0) is 0 Å². The molecule has 0 saturated heterocycles. The maximum atomic E-state index is 12.1. The summed E-state index contributed by atoms with van der Waals surface area (Å²) in [5.41, 5.74) is -1.42. The molecule has 12 heavy (non-hydrogen) atoms. The molecule has 1 unspecified atom stereocenters. The number of rotatable bonds is 2. The van der Waals surface area contributed by atoms with Crippen molar-refractivity contribution < 1.29 is 27.1 Å². The van der Waals surface area contributed by atoms with Gasteiger partial charge < -0.3 is 5.11 Å². The first kappa shape index (κ1) is 11.7. The first-order chi connectivity index (χ1) is 5.25. The molecule has 0 aromatic carbocycles. The number of aliphatic hydroxyl groups excluding tert-OH is 1. The number of hydrogen-bond acceptors (Lipinski definition) is 2. The monoisotopic (exact) mass is 208 g/mol. The third kappa shape index (κ3) is 3.91. The second-order valence-electron chi connectivity index (χ2n) is 1.80. The maximum Gasteiger partial charge on any atom is 0.446 e. The molecular formula is C5H5F5OS. The predicted molar refractivity (Wildman–Crippen MR) is 34.6 cm³/mol. The molecule has 0 aliphatic carbocycles. The zero-order valence-corrected chi connectivity index (χ0v) is 6.64. The van der Waals surface area contributed by atoms with Gasteiger partial charge in [-0.1, -0.05) is 11.8 Å². The molecular weight excluding hydrogens is 203 g/mol. The van der Waals surface area contributed by atoms with E-state index in [-0.39, 0.29) is 11.8 Å². The highest BCUT2D eigenvalue weighted by atomic mass is 32.2. The highest BCUT2D eigenvalue weighted by Gasteiger charge is 2.38. The van der Waals surface area contributed by atoms with E-state index in [0.717, 1.165) is 6.92 Å². The quantitative estimate of drug-likeness (QED) is 0.556. The van der Waals surface area contributed by atoms with E-state index in [0.29, 0.717) is 0 Å². The fourth-order valence-corrected chi connectivity index (χ4v) is 0.832. The zero-order valence-electron chi connectivity index (χ0n) is 5.82. The molecule has 0 aromatic heterocycles. The van der Waals surface area contributed by atoms with Crippen molar-refractivity contribution in [2.24, 2.45) is 0 Å². The first-order valence-electron chi connectivity index (χ1n) is 2.72. The standard InChI is InChI=1S/C5H5F5OS/c1-2(11)12-4(7)3(6)5(8,9)10/h2,11H,1H3. The molecule has 7 heteroatoms. The minimum Gasteiger partial charge on any atom is -0.382 e. The summed E-state index contributed by atoms with van der Waals surface area (Å²) in [6.45, 7) is 1.02. The Hall–Kier alpha value is -0.300. The van der Waals surface area contributed by atoms with Crippen molar-refractivity contribution in [1.82, 2.24) is 0 Å². The molecule has 1 N–H and O–H groups in total. The van der Waals surface area contributed by atoms with Gasteiger partial charge in [0.2, 0.25) is 5.83 Å². The molecule has 1 nitrogen and oxygen atoms in total. The smallest absolute Gasteiger partial charge is 0.382 e. The Morgan fingerprint density at radius 1 is 1.33 bits per heavy atom. The Bertz CT molecular complexity index is 185. The van der Waals surface area contributed by atoms with Gasteiger partial charge in [0, 0.05) is 0 Å². The number of hydrogen-bond donors (Lipinski definition) is 1. The van der Waals surface area contributed by atoms with Crippen molar-refractivity contribution in [3.8, 4) is 0 Å². The second-order valence-corrected chi connectivity index (χ2v) is 3.08. The van der Waals surface area contributed by atoms with Crippen LogP contribution in [0.15, 0.2) is 11.0 Å². The summed E-state index contributed by atoms with van der Waals surface area (Å²) in [6, 6.07) is 0. The van der Waals surface area contributed by atoms with Gasteiger partial charge in [0.05, 0.1) is 0 Å². The van der Waals surface area contributed by atoms with E-state index >= 15 is 0 Å². The lowest BCUT2D eigenvalue weighted by Gasteiger charge is -2.05. The number of thioether (sulfide) groups is 1. The normalized spacial score (nSPS) is 17.2. The van der Waals surface area contributed by atoms with Gasteiger partial charge in [-0.25, -0.2) is 0 Å². The summed E-state index contributed by atoms with van der Waals surface area (Å²) in [6.07, 6.45) is -5.33. The van der Waals surface area contributed by atoms with Crippen molar-refractivity contribution in [3.05, 3.63) is 11.0 Å². The molecule has 0 aliphatic rings. The van der Waals surface area contributed by atoms with E-state index < -0.39 is 22.6 Å². The molecule has 0 bridgehead atoms. The summed E-state index contributed by atoms with van der Waals surface area (Å²) >= 11 is -0.237. The molecule has 0 aliphatic heterocycles. The van der Waals surface area contributed by atoms with E-state index in [1.807, 2.05) is 0 Å². The van der Waals surface area contributed by atoms with Crippen molar-refractivity contribution in [2.45, 2.75) is 18.5 Å². The highest BCUT2D eigenvalue weighted by Crippen LogP contribution is 2.35. The van der Waals surface area contributed by atoms with Crippen LogP contribution in [-0.4, -0.2) is 16.7 Å². The zero-order chi connectivity index (χ0) is 9.94. The Labute approximate surface area is 69.3 Å². The van der Waals surface area contributed by atoms with Crippen molar-refractivity contribution in [1.29, 1.82) is 0 Å². The van der Waals surface area contributed by atoms with Gasteiger partial charge in [0.25, 0.3) is 0 Å². The molecule has 0 heterocycles. The van der Waals surface area contributed by atoms with Gasteiger partial charge in [-0.2, -0.15) is 22.0 Å². The summed E-state index contributed by atoms with van der Waals surface area (Å²) in [4.78, 5) is 0. The molecule has 0 amide bonds. The number of halogens is 5. The van der Waals surface area contributed by atoms with Crippen LogP contribution in [0.4, 0.5) is 22.0 Å².